The van der Waals surface area contributed by atoms with Crippen molar-refractivity contribution in [3.8, 4) is 0 Å². The van der Waals surface area contributed by atoms with E-state index in [0.717, 1.165) is 21.8 Å². The van der Waals surface area contributed by atoms with E-state index in [1.165, 1.54) is 29.0 Å². The first kappa shape index (κ1) is 24.1. The SMILES string of the molecule is C=Cc1cc(Cn2c(N3Cc4ccccc4[C@H]3C)nc(=O)n(Cc3ccc[nH]c3=O)c2=O)cc(F)c1F. The maximum absolute atomic E-state index is 14.3. The number of pyridine rings is 1. The Labute approximate surface area is 209 Å². The number of rotatable bonds is 6. The summed E-state index contributed by atoms with van der Waals surface area (Å²) in [6.07, 6.45) is 2.63. The van der Waals surface area contributed by atoms with Crippen molar-refractivity contribution >= 4 is 12.0 Å². The number of nitrogens with one attached hydrogen (secondary N) is 1. The van der Waals surface area contributed by atoms with E-state index in [9.17, 15) is 23.2 Å². The number of nitrogens with zero attached hydrogens (tertiary/aromatic N) is 4. The minimum absolute atomic E-state index is 0.0522. The lowest BCUT2D eigenvalue weighted by Gasteiger charge is -2.26. The van der Waals surface area contributed by atoms with E-state index >= 15 is 0 Å². The maximum Gasteiger partial charge on any atom is 0.355 e. The Morgan fingerprint density at radius 1 is 1.08 bits per heavy atom. The normalized spacial score (nSPS) is 14.6. The highest BCUT2D eigenvalue weighted by Crippen LogP contribution is 2.35. The highest BCUT2D eigenvalue weighted by molar-refractivity contribution is 5.50. The molecule has 2 aromatic heterocycles. The van der Waals surface area contributed by atoms with Crippen molar-refractivity contribution in [3.63, 3.8) is 0 Å². The van der Waals surface area contributed by atoms with Crippen LogP contribution in [0.4, 0.5) is 14.7 Å². The van der Waals surface area contributed by atoms with E-state index in [1.807, 2.05) is 36.1 Å². The van der Waals surface area contributed by atoms with Gasteiger partial charge in [0.1, 0.15) is 0 Å². The quantitative estimate of drug-likeness (QED) is 0.436. The molecule has 0 bridgehead atoms. The second-order valence-corrected chi connectivity index (χ2v) is 8.86. The first-order chi connectivity index (χ1) is 17.8. The Kier molecular flexibility index (Phi) is 6.16. The molecule has 0 saturated carbocycles. The molecule has 1 N–H and O–H groups in total. The van der Waals surface area contributed by atoms with Crippen molar-refractivity contribution in [3.05, 3.63) is 132 Å². The third-order valence-corrected chi connectivity index (χ3v) is 6.60. The molecule has 37 heavy (non-hydrogen) atoms. The minimum atomic E-state index is -1.08. The Balaban J connectivity index is 1.67. The van der Waals surface area contributed by atoms with E-state index < -0.39 is 28.6 Å². The van der Waals surface area contributed by atoms with Gasteiger partial charge in [-0.15, -0.1) is 0 Å². The zero-order valence-corrected chi connectivity index (χ0v) is 19.9. The lowest BCUT2D eigenvalue weighted by molar-refractivity contribution is 0.503. The van der Waals surface area contributed by atoms with E-state index in [-0.39, 0.29) is 41.8 Å². The first-order valence-corrected chi connectivity index (χ1v) is 11.6. The Hall–Kier alpha value is -4.60. The molecule has 0 amide bonds. The molecule has 0 fully saturated rings. The number of hydrogen-bond acceptors (Lipinski definition) is 5. The van der Waals surface area contributed by atoms with Crippen LogP contribution in [0.25, 0.3) is 6.08 Å². The molecule has 1 aliphatic heterocycles. The van der Waals surface area contributed by atoms with Gasteiger partial charge in [0, 0.05) is 23.9 Å². The van der Waals surface area contributed by atoms with Crippen LogP contribution in [0, 0.1) is 11.6 Å². The summed E-state index contributed by atoms with van der Waals surface area (Å²) in [6.45, 7) is 5.37. The number of halogens is 2. The predicted molar refractivity (Wildman–Crippen MR) is 136 cm³/mol. The van der Waals surface area contributed by atoms with Crippen LogP contribution in [-0.4, -0.2) is 19.1 Å². The van der Waals surface area contributed by atoms with Crippen molar-refractivity contribution in [1.29, 1.82) is 0 Å². The molecule has 0 radical (unpaired) electrons. The fraction of sp³-hybridized carbons (Fsp3) is 0.185. The monoisotopic (exact) mass is 503 g/mol. The van der Waals surface area contributed by atoms with Crippen molar-refractivity contribution in [1.82, 2.24) is 19.1 Å². The van der Waals surface area contributed by atoms with Gasteiger partial charge >= 0.3 is 11.4 Å². The summed E-state index contributed by atoms with van der Waals surface area (Å²) in [4.78, 5) is 47.6. The topological polar surface area (TPSA) is 93.0 Å². The number of fused-ring (bicyclic) bond motifs is 1. The Morgan fingerprint density at radius 2 is 1.86 bits per heavy atom. The standard InChI is InChI=1S/C27H23F2N5O3/c1-3-18-11-17(12-22(28)23(18)29)13-33-25(32-14-19-7-4-5-9-21(19)16(32)2)31-26(36)34(27(33)37)15-20-8-6-10-30-24(20)35/h3-12,16H,1,13-15H2,2H3,(H,30,35)/t16-/m1/s1. The van der Waals surface area contributed by atoms with Crippen LogP contribution in [0.15, 0.2) is 75.7 Å². The molecule has 10 heteroatoms. The van der Waals surface area contributed by atoms with E-state index in [1.54, 1.807) is 6.07 Å². The molecule has 0 spiro atoms. The fourth-order valence-corrected chi connectivity index (χ4v) is 4.67. The molecule has 1 aliphatic rings. The van der Waals surface area contributed by atoms with Gasteiger partial charge in [-0.3, -0.25) is 9.36 Å². The second kappa shape index (κ2) is 9.45. The second-order valence-electron chi connectivity index (χ2n) is 8.86. The van der Waals surface area contributed by atoms with Crippen molar-refractivity contribution in [2.45, 2.75) is 32.6 Å². The highest BCUT2D eigenvalue weighted by Gasteiger charge is 2.31. The van der Waals surface area contributed by atoms with Crippen molar-refractivity contribution < 1.29 is 8.78 Å². The van der Waals surface area contributed by atoms with Gasteiger partial charge in [-0.05, 0) is 41.8 Å². The van der Waals surface area contributed by atoms with Gasteiger partial charge in [0.2, 0.25) is 5.95 Å². The van der Waals surface area contributed by atoms with Gasteiger partial charge in [0.05, 0.1) is 19.1 Å². The molecule has 2 aromatic carbocycles. The molecular weight excluding hydrogens is 480 g/mol. The fourth-order valence-electron chi connectivity index (χ4n) is 4.67. The summed E-state index contributed by atoms with van der Waals surface area (Å²) in [5.41, 5.74) is 0.499. The first-order valence-electron chi connectivity index (χ1n) is 11.6. The molecule has 0 unspecified atom stereocenters. The number of aromatic nitrogens is 4. The molecule has 0 aliphatic carbocycles. The summed E-state index contributed by atoms with van der Waals surface area (Å²) in [6, 6.07) is 13.0. The summed E-state index contributed by atoms with van der Waals surface area (Å²) in [5, 5.41) is 0. The van der Waals surface area contributed by atoms with Gasteiger partial charge in [0.25, 0.3) is 5.56 Å². The molecule has 4 aromatic rings. The molecule has 0 saturated heterocycles. The van der Waals surface area contributed by atoms with Gasteiger partial charge in [-0.1, -0.05) is 43.0 Å². The Morgan fingerprint density at radius 3 is 2.59 bits per heavy atom. The van der Waals surface area contributed by atoms with E-state index in [2.05, 4.69) is 16.5 Å². The molecule has 1 atom stereocenters. The minimum Gasteiger partial charge on any atom is -0.331 e. The zero-order chi connectivity index (χ0) is 26.3. The van der Waals surface area contributed by atoms with Crippen LogP contribution in [0.1, 0.15) is 40.8 Å². The van der Waals surface area contributed by atoms with E-state index in [0.29, 0.717) is 6.54 Å². The lowest BCUT2D eigenvalue weighted by Crippen LogP contribution is -2.45. The van der Waals surface area contributed by atoms with Crippen LogP contribution in [-0.2, 0) is 19.6 Å². The number of aromatic amines is 1. The van der Waals surface area contributed by atoms with Gasteiger partial charge < -0.3 is 9.88 Å². The molecule has 8 nitrogen and oxygen atoms in total. The van der Waals surface area contributed by atoms with Crippen LogP contribution in [0.5, 0.6) is 0 Å². The third-order valence-electron chi connectivity index (χ3n) is 6.60. The summed E-state index contributed by atoms with van der Waals surface area (Å²) < 4.78 is 30.5. The molecule has 5 rings (SSSR count). The summed E-state index contributed by atoms with van der Waals surface area (Å²) >= 11 is 0. The van der Waals surface area contributed by atoms with Crippen LogP contribution in [0.2, 0.25) is 0 Å². The third kappa shape index (κ3) is 4.31. The van der Waals surface area contributed by atoms with Gasteiger partial charge in [0.15, 0.2) is 11.6 Å². The van der Waals surface area contributed by atoms with Gasteiger partial charge in [-0.25, -0.2) is 22.9 Å². The van der Waals surface area contributed by atoms with Crippen molar-refractivity contribution in [2.75, 3.05) is 4.90 Å². The largest absolute Gasteiger partial charge is 0.355 e. The van der Waals surface area contributed by atoms with Crippen LogP contribution < -0.4 is 21.8 Å². The summed E-state index contributed by atoms with van der Waals surface area (Å²) in [7, 11) is 0. The lowest BCUT2D eigenvalue weighted by atomic mass is 10.1. The average molecular weight is 504 g/mol. The molecule has 188 valence electrons. The van der Waals surface area contributed by atoms with Crippen molar-refractivity contribution in [2.24, 2.45) is 0 Å². The smallest absolute Gasteiger partial charge is 0.331 e. The zero-order valence-electron chi connectivity index (χ0n) is 19.9. The summed E-state index contributed by atoms with van der Waals surface area (Å²) in [5.74, 6) is -2.02. The number of H-pyrrole nitrogens is 1. The Bertz CT molecular complexity index is 1710. The van der Waals surface area contributed by atoms with Crippen LogP contribution in [0.3, 0.4) is 0 Å². The number of hydrogen-bond donors (Lipinski definition) is 1. The average Bonchev–Trinajstić information content (AvgIpc) is 3.22. The highest BCUT2D eigenvalue weighted by atomic mass is 19.2. The maximum atomic E-state index is 14.3. The number of benzene rings is 2. The molecule has 3 heterocycles. The van der Waals surface area contributed by atoms with E-state index in [4.69, 9.17) is 0 Å². The van der Waals surface area contributed by atoms with Gasteiger partial charge in [-0.2, -0.15) is 4.98 Å². The van der Waals surface area contributed by atoms with Crippen LogP contribution >= 0.6 is 0 Å². The molecular formula is C27H23F2N5O3. The predicted octanol–water partition coefficient (Wildman–Crippen LogP) is 3.19. The number of anilines is 1.